The fourth-order valence-electron chi connectivity index (χ4n) is 4.35. The lowest BCUT2D eigenvalue weighted by atomic mass is 9.91. The van der Waals surface area contributed by atoms with Crippen molar-refractivity contribution in [3.8, 4) is 0 Å². The molecule has 2 aliphatic rings. The molecule has 0 amide bonds. The van der Waals surface area contributed by atoms with Crippen molar-refractivity contribution >= 4 is 0 Å². The highest BCUT2D eigenvalue weighted by Crippen LogP contribution is 2.36. The van der Waals surface area contributed by atoms with Crippen molar-refractivity contribution in [1.82, 2.24) is 25.7 Å². The summed E-state index contributed by atoms with van der Waals surface area (Å²) in [5.41, 5.74) is 11.1. The molecule has 0 radical (unpaired) electrons. The van der Waals surface area contributed by atoms with Crippen molar-refractivity contribution in [2.24, 2.45) is 5.92 Å². The van der Waals surface area contributed by atoms with Crippen molar-refractivity contribution in [3.05, 3.63) is 77.5 Å². The zero-order valence-corrected chi connectivity index (χ0v) is 14.9. The number of aromatic amines is 1. The third-order valence-electron chi connectivity index (χ3n) is 5.68. The Morgan fingerprint density at radius 2 is 2.07 bits per heavy atom. The predicted octanol–water partition coefficient (Wildman–Crippen LogP) is 2.55. The van der Waals surface area contributed by atoms with E-state index in [1.54, 1.807) is 12.6 Å². The molecule has 1 fully saturated rings. The Balaban J connectivity index is 1.41. The molecule has 27 heavy (non-hydrogen) atoms. The smallest absolute Gasteiger partial charge is 0.123 e. The van der Waals surface area contributed by atoms with Gasteiger partial charge in [-0.15, -0.1) is 0 Å². The summed E-state index contributed by atoms with van der Waals surface area (Å²) >= 11 is 0. The second-order valence-corrected chi connectivity index (χ2v) is 7.29. The van der Waals surface area contributed by atoms with Crippen LogP contribution in [0.1, 0.15) is 34.6 Å². The van der Waals surface area contributed by atoms with Crippen LogP contribution in [0.15, 0.2) is 53.6 Å². The van der Waals surface area contributed by atoms with Gasteiger partial charge in [0.05, 0.1) is 36.6 Å². The number of nitrogens with zero attached hydrogens (tertiary/aromatic N) is 2. The highest BCUT2D eigenvalue weighted by Gasteiger charge is 2.36. The van der Waals surface area contributed by atoms with Crippen molar-refractivity contribution in [2.75, 3.05) is 19.6 Å². The van der Waals surface area contributed by atoms with Gasteiger partial charge in [0, 0.05) is 43.2 Å². The molecule has 5 rings (SSSR count). The number of nitrogens with one attached hydrogen (secondary N) is 3. The summed E-state index contributed by atoms with van der Waals surface area (Å²) in [6.07, 6.45) is 6.26. The van der Waals surface area contributed by atoms with Crippen LogP contribution < -0.4 is 10.9 Å². The molecule has 6 nitrogen and oxygen atoms in total. The lowest BCUT2D eigenvalue weighted by Gasteiger charge is -2.37. The Bertz CT molecular complexity index is 892. The molecule has 3 atom stereocenters. The van der Waals surface area contributed by atoms with Crippen LogP contribution in [-0.2, 0) is 6.42 Å². The SMILES string of the molecule is Fc1ccc(C2NNCC2CN2CCc3[nH]cnc3C2c2ccoc2)cc1. The van der Waals surface area contributed by atoms with E-state index in [4.69, 9.17) is 4.42 Å². The van der Waals surface area contributed by atoms with Crippen LogP contribution in [0.25, 0.3) is 0 Å². The molecule has 140 valence electrons. The third kappa shape index (κ3) is 3.07. The van der Waals surface area contributed by atoms with E-state index < -0.39 is 0 Å². The van der Waals surface area contributed by atoms with E-state index in [0.29, 0.717) is 5.92 Å². The number of hydrogen-bond acceptors (Lipinski definition) is 5. The van der Waals surface area contributed by atoms with Gasteiger partial charge in [0.15, 0.2) is 0 Å². The van der Waals surface area contributed by atoms with Crippen molar-refractivity contribution < 1.29 is 8.81 Å². The summed E-state index contributed by atoms with van der Waals surface area (Å²) in [4.78, 5) is 10.3. The highest BCUT2D eigenvalue weighted by atomic mass is 19.1. The van der Waals surface area contributed by atoms with Crippen molar-refractivity contribution in [3.63, 3.8) is 0 Å². The fourth-order valence-corrected chi connectivity index (χ4v) is 4.35. The summed E-state index contributed by atoms with van der Waals surface area (Å²) in [5.74, 6) is 0.161. The Morgan fingerprint density at radius 1 is 1.19 bits per heavy atom. The van der Waals surface area contributed by atoms with Crippen LogP contribution in [0.5, 0.6) is 0 Å². The highest BCUT2D eigenvalue weighted by molar-refractivity contribution is 5.30. The zero-order valence-electron chi connectivity index (χ0n) is 14.9. The first kappa shape index (κ1) is 16.7. The molecular formula is C20H22FN5O. The van der Waals surface area contributed by atoms with E-state index in [2.05, 4.69) is 25.7 Å². The summed E-state index contributed by atoms with van der Waals surface area (Å²) in [5, 5.41) is 0. The first-order valence-electron chi connectivity index (χ1n) is 9.32. The van der Waals surface area contributed by atoms with Crippen molar-refractivity contribution in [2.45, 2.75) is 18.5 Å². The predicted molar refractivity (Wildman–Crippen MR) is 98.2 cm³/mol. The van der Waals surface area contributed by atoms with Gasteiger partial charge in [-0.3, -0.25) is 10.3 Å². The molecule has 1 saturated heterocycles. The van der Waals surface area contributed by atoms with Crippen molar-refractivity contribution in [1.29, 1.82) is 0 Å². The van der Waals surface area contributed by atoms with E-state index in [1.165, 1.54) is 17.8 Å². The maximum absolute atomic E-state index is 13.3. The number of imidazole rings is 1. The Hall–Kier alpha value is -2.48. The minimum atomic E-state index is -0.205. The average Bonchev–Trinajstić information content (AvgIpc) is 3.44. The number of H-pyrrole nitrogens is 1. The van der Waals surface area contributed by atoms with Gasteiger partial charge >= 0.3 is 0 Å². The number of fused-ring (bicyclic) bond motifs is 1. The maximum atomic E-state index is 13.3. The number of hydrogen-bond donors (Lipinski definition) is 3. The minimum Gasteiger partial charge on any atom is -0.472 e. The van der Waals surface area contributed by atoms with E-state index in [9.17, 15) is 4.39 Å². The Labute approximate surface area is 156 Å². The van der Waals surface area contributed by atoms with Gasteiger partial charge in [-0.25, -0.2) is 14.8 Å². The molecule has 0 bridgehead atoms. The Morgan fingerprint density at radius 3 is 2.89 bits per heavy atom. The molecule has 3 N–H and O–H groups in total. The van der Waals surface area contributed by atoms with Gasteiger partial charge in [0.25, 0.3) is 0 Å². The van der Waals surface area contributed by atoms with Crippen LogP contribution in [0, 0.1) is 11.7 Å². The molecular weight excluding hydrogens is 345 g/mol. The van der Waals surface area contributed by atoms with Crippen LogP contribution in [0.4, 0.5) is 4.39 Å². The van der Waals surface area contributed by atoms with Gasteiger partial charge in [-0.1, -0.05) is 12.1 Å². The standard InChI is InChI=1S/C20H22FN5O/c21-16-3-1-13(2-4-16)18-15(9-24-25-18)10-26-7-5-17-19(23-12-22-17)20(26)14-6-8-27-11-14/h1-4,6,8,11-12,15,18,20,24-25H,5,7,9-10H2,(H,22,23). The number of benzene rings is 1. The lowest BCUT2D eigenvalue weighted by molar-refractivity contribution is 0.173. The van der Waals surface area contributed by atoms with E-state index in [1.807, 2.05) is 24.5 Å². The molecule has 2 aliphatic heterocycles. The summed E-state index contributed by atoms with van der Waals surface area (Å²) in [6.45, 7) is 2.73. The second kappa shape index (κ2) is 6.92. The molecule has 3 aromatic rings. The third-order valence-corrected chi connectivity index (χ3v) is 5.68. The molecule has 2 aromatic heterocycles. The van der Waals surface area contributed by atoms with Crippen LogP contribution in [0.2, 0.25) is 0 Å². The zero-order chi connectivity index (χ0) is 18.2. The number of aromatic nitrogens is 2. The number of furan rings is 1. The molecule has 0 spiro atoms. The molecule has 4 heterocycles. The van der Waals surface area contributed by atoms with Crippen LogP contribution >= 0.6 is 0 Å². The molecule has 1 aromatic carbocycles. The summed E-state index contributed by atoms with van der Waals surface area (Å²) < 4.78 is 18.7. The topological polar surface area (TPSA) is 69.1 Å². The fraction of sp³-hybridized carbons (Fsp3) is 0.350. The largest absolute Gasteiger partial charge is 0.472 e. The number of rotatable bonds is 4. The quantitative estimate of drug-likeness (QED) is 0.661. The lowest BCUT2D eigenvalue weighted by Crippen LogP contribution is -2.40. The minimum absolute atomic E-state index is 0.0909. The number of halogens is 1. The summed E-state index contributed by atoms with van der Waals surface area (Å²) in [7, 11) is 0. The molecule has 0 saturated carbocycles. The normalized spacial score (nSPS) is 25.6. The first-order valence-corrected chi connectivity index (χ1v) is 9.32. The second-order valence-electron chi connectivity index (χ2n) is 7.29. The first-order chi connectivity index (χ1) is 13.3. The maximum Gasteiger partial charge on any atom is 0.123 e. The molecule has 7 heteroatoms. The Kier molecular flexibility index (Phi) is 4.27. The van der Waals surface area contributed by atoms with Gasteiger partial charge in [0.1, 0.15) is 5.82 Å². The van der Waals surface area contributed by atoms with E-state index in [0.717, 1.165) is 42.9 Å². The molecule has 3 unspecified atom stereocenters. The van der Waals surface area contributed by atoms with Gasteiger partial charge < -0.3 is 9.40 Å². The number of hydrazine groups is 1. The van der Waals surface area contributed by atoms with E-state index >= 15 is 0 Å². The van der Waals surface area contributed by atoms with Crippen LogP contribution in [-0.4, -0.2) is 34.5 Å². The van der Waals surface area contributed by atoms with Gasteiger partial charge in [-0.05, 0) is 23.8 Å². The van der Waals surface area contributed by atoms with Gasteiger partial charge in [-0.2, -0.15) is 0 Å². The molecule has 0 aliphatic carbocycles. The van der Waals surface area contributed by atoms with Gasteiger partial charge in [0.2, 0.25) is 0 Å². The average molecular weight is 367 g/mol. The summed E-state index contributed by atoms with van der Waals surface area (Å²) in [6, 6.07) is 9.04. The van der Waals surface area contributed by atoms with Crippen LogP contribution in [0.3, 0.4) is 0 Å². The van der Waals surface area contributed by atoms with E-state index in [-0.39, 0.29) is 17.9 Å². The monoisotopic (exact) mass is 367 g/mol.